The van der Waals surface area contributed by atoms with Crippen molar-refractivity contribution in [1.29, 1.82) is 0 Å². The first-order valence-electron chi connectivity index (χ1n) is 8.70. The summed E-state index contributed by atoms with van der Waals surface area (Å²) in [5, 5.41) is 3.58. The van der Waals surface area contributed by atoms with Crippen LogP contribution in [0.2, 0.25) is 0 Å². The number of rotatable bonds is 6. The van der Waals surface area contributed by atoms with E-state index in [0.29, 0.717) is 10.8 Å². The van der Waals surface area contributed by atoms with Gasteiger partial charge in [-0.25, -0.2) is 9.71 Å². The second-order valence-electron chi connectivity index (χ2n) is 6.15. The van der Waals surface area contributed by atoms with Crippen LogP contribution in [0, 0.1) is 0 Å². The summed E-state index contributed by atoms with van der Waals surface area (Å²) >= 11 is 1.20. The predicted molar refractivity (Wildman–Crippen MR) is 112 cm³/mol. The molecule has 1 aromatic heterocycles. The summed E-state index contributed by atoms with van der Waals surface area (Å²) in [6, 6.07) is 22.3. The Hall–Kier alpha value is -3.23. The van der Waals surface area contributed by atoms with Crippen LogP contribution in [0.1, 0.15) is 0 Å². The quantitative estimate of drug-likeness (QED) is 0.508. The Morgan fingerprint density at radius 2 is 1.69 bits per heavy atom. The van der Waals surface area contributed by atoms with E-state index in [4.69, 9.17) is 4.74 Å². The van der Waals surface area contributed by atoms with Crippen molar-refractivity contribution in [2.24, 2.45) is 0 Å². The van der Waals surface area contributed by atoms with Crippen LogP contribution < -0.4 is 9.46 Å². The lowest BCUT2D eigenvalue weighted by atomic mass is 10.1. The Balaban J connectivity index is 1.44. The van der Waals surface area contributed by atoms with Gasteiger partial charge in [-0.3, -0.25) is 4.79 Å². The third kappa shape index (κ3) is 4.28. The largest absolute Gasteiger partial charge is 0.483 e. The Morgan fingerprint density at radius 3 is 2.52 bits per heavy atom. The molecule has 29 heavy (non-hydrogen) atoms. The van der Waals surface area contributed by atoms with Gasteiger partial charge in [0.15, 0.2) is 11.6 Å². The van der Waals surface area contributed by atoms with E-state index in [0.717, 1.165) is 16.3 Å². The number of ether oxygens (including phenoxy) is 1. The zero-order valence-electron chi connectivity index (χ0n) is 15.1. The molecule has 0 bridgehead atoms. The zero-order chi connectivity index (χ0) is 20.3. The fourth-order valence-electron chi connectivity index (χ4n) is 2.79. The molecule has 0 aliphatic rings. The first kappa shape index (κ1) is 19.1. The molecular weight excluding hydrogens is 408 g/mol. The Labute approximate surface area is 171 Å². The van der Waals surface area contributed by atoms with Gasteiger partial charge >= 0.3 is 0 Å². The second kappa shape index (κ2) is 8.02. The van der Waals surface area contributed by atoms with Crippen molar-refractivity contribution in [3.8, 4) is 16.3 Å². The number of amides is 1. The van der Waals surface area contributed by atoms with Crippen molar-refractivity contribution >= 4 is 38.0 Å². The number of nitrogens with zero attached hydrogens (tertiary/aromatic N) is 1. The summed E-state index contributed by atoms with van der Waals surface area (Å²) in [5.74, 6) is -0.261. The van der Waals surface area contributed by atoms with Crippen molar-refractivity contribution in [3.63, 3.8) is 0 Å². The minimum Gasteiger partial charge on any atom is -0.483 e. The van der Waals surface area contributed by atoms with E-state index < -0.39 is 22.5 Å². The summed E-state index contributed by atoms with van der Waals surface area (Å²) in [6.45, 7) is -0.428. The van der Waals surface area contributed by atoms with Gasteiger partial charge in [-0.15, -0.1) is 11.3 Å². The highest BCUT2D eigenvalue weighted by molar-refractivity contribution is 7.90. The molecule has 1 heterocycles. The molecule has 146 valence electrons. The van der Waals surface area contributed by atoms with Crippen molar-refractivity contribution in [3.05, 3.63) is 78.2 Å². The molecule has 0 spiro atoms. The van der Waals surface area contributed by atoms with Crippen molar-refractivity contribution in [2.45, 2.75) is 5.03 Å². The third-order valence-corrected chi connectivity index (χ3v) is 6.43. The summed E-state index contributed by atoms with van der Waals surface area (Å²) in [5.41, 5.74) is 0.810. The van der Waals surface area contributed by atoms with Crippen LogP contribution >= 0.6 is 11.3 Å². The topological polar surface area (TPSA) is 85.4 Å². The van der Waals surface area contributed by atoms with Gasteiger partial charge in [0.05, 0.1) is 0 Å². The van der Waals surface area contributed by atoms with Crippen LogP contribution in [0.15, 0.2) is 83.2 Å². The van der Waals surface area contributed by atoms with E-state index in [1.807, 2.05) is 71.5 Å². The molecule has 0 unspecified atom stereocenters. The molecule has 4 rings (SSSR count). The summed E-state index contributed by atoms with van der Waals surface area (Å²) < 4.78 is 32.5. The maximum absolute atomic E-state index is 12.5. The van der Waals surface area contributed by atoms with Crippen molar-refractivity contribution in [2.75, 3.05) is 6.61 Å². The highest BCUT2D eigenvalue weighted by Crippen LogP contribution is 2.26. The highest BCUT2D eigenvalue weighted by atomic mass is 32.2. The van der Waals surface area contributed by atoms with Gasteiger partial charge in [0, 0.05) is 16.3 Å². The maximum Gasteiger partial charge on any atom is 0.282 e. The number of sulfonamides is 1. The SMILES string of the molecule is O=C(COc1cccc2ccccc12)NS(=O)(=O)c1csc(-c2ccccc2)n1. The van der Waals surface area contributed by atoms with Gasteiger partial charge in [-0.2, -0.15) is 8.42 Å². The zero-order valence-corrected chi connectivity index (χ0v) is 16.7. The van der Waals surface area contributed by atoms with Crippen LogP contribution in [0.25, 0.3) is 21.3 Å². The lowest BCUT2D eigenvalue weighted by Crippen LogP contribution is -2.34. The molecule has 0 saturated carbocycles. The van der Waals surface area contributed by atoms with Crippen molar-refractivity contribution < 1.29 is 17.9 Å². The molecule has 0 radical (unpaired) electrons. The average molecular weight is 425 g/mol. The molecule has 0 aliphatic heterocycles. The predicted octanol–water partition coefficient (Wildman–Crippen LogP) is 3.85. The molecule has 6 nitrogen and oxygen atoms in total. The number of hydrogen-bond donors (Lipinski definition) is 1. The van der Waals surface area contributed by atoms with Gasteiger partial charge in [0.25, 0.3) is 15.9 Å². The molecule has 0 fully saturated rings. The number of carbonyl (C=O) groups is 1. The molecule has 0 atom stereocenters. The summed E-state index contributed by atoms with van der Waals surface area (Å²) in [4.78, 5) is 16.3. The Morgan fingerprint density at radius 1 is 0.966 bits per heavy atom. The molecular formula is C21H16N2O4S2. The standard InChI is InChI=1S/C21H16N2O4S2/c24-19(13-27-18-12-6-10-15-7-4-5-11-17(15)18)23-29(25,26)20-14-28-21(22-20)16-8-2-1-3-9-16/h1-12,14H,13H2,(H,23,24). The fraction of sp³-hybridized carbons (Fsp3) is 0.0476. The lowest BCUT2D eigenvalue weighted by molar-refractivity contribution is -0.121. The van der Waals surface area contributed by atoms with Gasteiger partial charge < -0.3 is 4.74 Å². The molecule has 0 saturated heterocycles. The van der Waals surface area contributed by atoms with Gasteiger partial charge in [0.1, 0.15) is 10.8 Å². The summed E-state index contributed by atoms with van der Waals surface area (Å²) in [7, 11) is -4.07. The molecule has 1 N–H and O–H groups in total. The normalized spacial score (nSPS) is 11.3. The van der Waals surface area contributed by atoms with Gasteiger partial charge in [-0.05, 0) is 11.5 Å². The second-order valence-corrected chi connectivity index (χ2v) is 8.64. The van der Waals surface area contributed by atoms with Crippen LogP contribution in [0.5, 0.6) is 5.75 Å². The molecule has 8 heteroatoms. The minimum absolute atomic E-state index is 0.195. The highest BCUT2D eigenvalue weighted by Gasteiger charge is 2.22. The average Bonchev–Trinajstić information content (AvgIpc) is 3.24. The molecule has 3 aromatic carbocycles. The first-order chi connectivity index (χ1) is 14.0. The number of hydrogen-bond acceptors (Lipinski definition) is 6. The van der Waals surface area contributed by atoms with Gasteiger partial charge in [-0.1, -0.05) is 66.7 Å². The van der Waals surface area contributed by atoms with Crippen LogP contribution in [-0.4, -0.2) is 25.9 Å². The number of benzene rings is 3. The first-order valence-corrected chi connectivity index (χ1v) is 11.1. The number of aromatic nitrogens is 1. The van der Waals surface area contributed by atoms with E-state index in [9.17, 15) is 13.2 Å². The maximum atomic E-state index is 12.5. The van der Waals surface area contributed by atoms with E-state index in [2.05, 4.69) is 4.98 Å². The van der Waals surface area contributed by atoms with Crippen LogP contribution in [-0.2, 0) is 14.8 Å². The van der Waals surface area contributed by atoms with E-state index in [1.165, 1.54) is 16.7 Å². The van der Waals surface area contributed by atoms with Gasteiger partial charge in [0.2, 0.25) is 0 Å². The molecule has 1 amide bonds. The van der Waals surface area contributed by atoms with E-state index in [1.54, 1.807) is 6.07 Å². The van der Waals surface area contributed by atoms with Crippen LogP contribution in [0.4, 0.5) is 0 Å². The number of thiazole rings is 1. The van der Waals surface area contributed by atoms with E-state index >= 15 is 0 Å². The van der Waals surface area contributed by atoms with Crippen molar-refractivity contribution in [1.82, 2.24) is 9.71 Å². The smallest absolute Gasteiger partial charge is 0.282 e. The Kier molecular flexibility index (Phi) is 5.28. The number of carbonyl (C=O) groups excluding carboxylic acids is 1. The third-order valence-electron chi connectivity index (χ3n) is 4.14. The number of fused-ring (bicyclic) bond motifs is 1. The molecule has 4 aromatic rings. The minimum atomic E-state index is -4.07. The number of nitrogens with one attached hydrogen (secondary N) is 1. The molecule has 0 aliphatic carbocycles. The fourth-order valence-corrected chi connectivity index (χ4v) is 4.86. The Bertz CT molecular complexity index is 1260. The van der Waals surface area contributed by atoms with Crippen LogP contribution in [0.3, 0.4) is 0 Å². The summed E-state index contributed by atoms with van der Waals surface area (Å²) in [6.07, 6.45) is 0. The lowest BCUT2D eigenvalue weighted by Gasteiger charge is -2.09. The van der Waals surface area contributed by atoms with E-state index in [-0.39, 0.29) is 5.03 Å². The monoisotopic (exact) mass is 424 g/mol.